The summed E-state index contributed by atoms with van der Waals surface area (Å²) >= 11 is 5.17. The molecule has 0 aliphatic rings. The van der Waals surface area contributed by atoms with E-state index in [9.17, 15) is 4.39 Å². The summed E-state index contributed by atoms with van der Waals surface area (Å²) < 4.78 is 15.0. The number of aryl methyl sites for hydroxylation is 1. The first-order valence-electron chi connectivity index (χ1n) is 6.98. The summed E-state index contributed by atoms with van der Waals surface area (Å²) in [7, 11) is 0. The molecule has 0 fully saturated rings. The third kappa shape index (κ3) is 4.83. The Morgan fingerprint density at radius 3 is 2.76 bits per heavy atom. The maximum Gasteiger partial charge on any atom is 0.128 e. The van der Waals surface area contributed by atoms with Gasteiger partial charge in [0.05, 0.1) is 0 Å². The van der Waals surface area contributed by atoms with E-state index >= 15 is 0 Å². The van der Waals surface area contributed by atoms with Gasteiger partial charge in [0.15, 0.2) is 0 Å². The zero-order chi connectivity index (χ0) is 15.2. The summed E-state index contributed by atoms with van der Waals surface area (Å²) in [6, 6.07) is 13.5. The maximum atomic E-state index is 14.1. The number of hydrogen-bond donors (Lipinski definition) is 1. The Balaban J connectivity index is 2.13. The largest absolute Gasteiger partial charge is 0.309 e. The molecule has 2 aromatic carbocycles. The Hall–Kier alpha value is -0.840. The lowest BCUT2D eigenvalue weighted by Crippen LogP contribution is -2.24. The van der Waals surface area contributed by atoms with E-state index in [0.717, 1.165) is 16.8 Å². The van der Waals surface area contributed by atoms with Crippen LogP contribution in [-0.4, -0.2) is 12.3 Å². The molecule has 0 aliphatic carbocycles. The second-order valence-electron chi connectivity index (χ2n) is 4.90. The summed E-state index contributed by atoms with van der Waals surface area (Å²) in [6.07, 6.45) is 0. The molecule has 1 atom stereocenters. The standard InChI is InChI=1S/C17H19BrFNS/c1-3-20-17(15-10-13(18)7-8-16(15)19)11-21-14-6-4-5-12(2)9-14/h4-10,17,20H,3,11H2,1-2H3. The molecule has 1 N–H and O–H groups in total. The van der Waals surface area contributed by atoms with Gasteiger partial charge in [-0.15, -0.1) is 11.8 Å². The molecule has 4 heteroatoms. The Morgan fingerprint density at radius 1 is 1.24 bits per heavy atom. The van der Waals surface area contributed by atoms with Crippen LogP contribution in [0.15, 0.2) is 51.8 Å². The van der Waals surface area contributed by atoms with Gasteiger partial charge in [-0.05, 0) is 43.8 Å². The van der Waals surface area contributed by atoms with Crippen molar-refractivity contribution < 1.29 is 4.39 Å². The van der Waals surface area contributed by atoms with Gasteiger partial charge in [-0.2, -0.15) is 0 Å². The van der Waals surface area contributed by atoms with Crippen molar-refractivity contribution >= 4 is 27.7 Å². The van der Waals surface area contributed by atoms with Crippen molar-refractivity contribution in [2.24, 2.45) is 0 Å². The van der Waals surface area contributed by atoms with Crippen LogP contribution in [0.1, 0.15) is 24.1 Å². The molecule has 0 aromatic heterocycles. The Kier molecular flexibility index (Phi) is 6.27. The molecule has 2 rings (SSSR count). The third-order valence-corrected chi connectivity index (χ3v) is 4.77. The smallest absolute Gasteiger partial charge is 0.128 e. The van der Waals surface area contributed by atoms with Crippen LogP contribution in [0.25, 0.3) is 0 Å². The molecular formula is C17H19BrFNS. The molecule has 1 nitrogen and oxygen atoms in total. The first-order chi connectivity index (χ1) is 10.1. The predicted octanol–water partition coefficient (Wildman–Crippen LogP) is 5.34. The van der Waals surface area contributed by atoms with E-state index in [1.807, 2.05) is 13.0 Å². The molecule has 0 aliphatic heterocycles. The van der Waals surface area contributed by atoms with Crippen LogP contribution in [0.5, 0.6) is 0 Å². The lowest BCUT2D eigenvalue weighted by atomic mass is 10.1. The highest BCUT2D eigenvalue weighted by Crippen LogP contribution is 2.28. The number of thioether (sulfide) groups is 1. The average Bonchev–Trinajstić information content (AvgIpc) is 2.46. The van der Waals surface area contributed by atoms with Crippen molar-refractivity contribution in [1.29, 1.82) is 0 Å². The quantitative estimate of drug-likeness (QED) is 0.691. The number of hydrogen-bond acceptors (Lipinski definition) is 2. The van der Waals surface area contributed by atoms with E-state index in [2.05, 4.69) is 52.4 Å². The van der Waals surface area contributed by atoms with E-state index in [4.69, 9.17) is 0 Å². The molecule has 0 bridgehead atoms. The molecule has 0 spiro atoms. The van der Waals surface area contributed by atoms with Gasteiger partial charge in [0.2, 0.25) is 0 Å². The molecule has 0 radical (unpaired) electrons. The summed E-state index contributed by atoms with van der Waals surface area (Å²) in [5, 5.41) is 3.37. The molecule has 0 amide bonds. The molecule has 0 heterocycles. The monoisotopic (exact) mass is 367 g/mol. The van der Waals surface area contributed by atoms with Gasteiger partial charge in [0.1, 0.15) is 5.82 Å². The van der Waals surface area contributed by atoms with E-state index < -0.39 is 0 Å². The van der Waals surface area contributed by atoms with E-state index in [0.29, 0.717) is 5.56 Å². The van der Waals surface area contributed by atoms with Crippen molar-refractivity contribution in [2.45, 2.75) is 24.8 Å². The lowest BCUT2D eigenvalue weighted by molar-refractivity contribution is 0.545. The summed E-state index contributed by atoms with van der Waals surface area (Å²) in [5.74, 6) is 0.638. The summed E-state index contributed by atoms with van der Waals surface area (Å²) in [5.41, 5.74) is 1.96. The SMILES string of the molecule is CCNC(CSc1cccc(C)c1)c1cc(Br)ccc1F. The first-order valence-corrected chi connectivity index (χ1v) is 8.76. The molecule has 2 aromatic rings. The fourth-order valence-electron chi connectivity index (χ4n) is 2.17. The summed E-state index contributed by atoms with van der Waals surface area (Å²) in [4.78, 5) is 1.22. The molecule has 21 heavy (non-hydrogen) atoms. The van der Waals surface area contributed by atoms with Crippen LogP contribution in [0, 0.1) is 12.7 Å². The average molecular weight is 368 g/mol. The zero-order valence-electron chi connectivity index (χ0n) is 12.2. The number of rotatable bonds is 6. The van der Waals surface area contributed by atoms with Crippen molar-refractivity contribution in [3.8, 4) is 0 Å². The minimum Gasteiger partial charge on any atom is -0.309 e. The van der Waals surface area contributed by atoms with Gasteiger partial charge >= 0.3 is 0 Å². The van der Waals surface area contributed by atoms with Crippen LogP contribution < -0.4 is 5.32 Å². The van der Waals surface area contributed by atoms with Gasteiger partial charge in [-0.25, -0.2) is 4.39 Å². The van der Waals surface area contributed by atoms with Crippen LogP contribution in [-0.2, 0) is 0 Å². The minimum absolute atomic E-state index is 0.00184. The van der Waals surface area contributed by atoms with Crippen molar-refractivity contribution in [1.82, 2.24) is 5.32 Å². The van der Waals surface area contributed by atoms with Crippen LogP contribution in [0.3, 0.4) is 0 Å². The molecule has 112 valence electrons. The van der Waals surface area contributed by atoms with Gasteiger partial charge < -0.3 is 5.32 Å². The molecule has 1 unspecified atom stereocenters. The Labute approximate surface area is 138 Å². The topological polar surface area (TPSA) is 12.0 Å². The van der Waals surface area contributed by atoms with E-state index in [-0.39, 0.29) is 11.9 Å². The second-order valence-corrected chi connectivity index (χ2v) is 6.91. The van der Waals surface area contributed by atoms with Crippen LogP contribution in [0.4, 0.5) is 4.39 Å². The normalized spacial score (nSPS) is 12.4. The molecule has 0 saturated heterocycles. The van der Waals surface area contributed by atoms with Crippen molar-refractivity contribution in [3.05, 3.63) is 63.9 Å². The number of nitrogens with one attached hydrogen (secondary N) is 1. The first kappa shape index (κ1) is 16.5. The number of benzene rings is 2. The lowest BCUT2D eigenvalue weighted by Gasteiger charge is -2.19. The fraction of sp³-hybridized carbons (Fsp3) is 0.294. The van der Waals surface area contributed by atoms with Crippen molar-refractivity contribution in [3.63, 3.8) is 0 Å². The zero-order valence-corrected chi connectivity index (χ0v) is 14.6. The minimum atomic E-state index is -0.158. The summed E-state index contributed by atoms with van der Waals surface area (Å²) in [6.45, 7) is 4.94. The predicted molar refractivity (Wildman–Crippen MR) is 92.4 cm³/mol. The van der Waals surface area contributed by atoms with Crippen LogP contribution in [0.2, 0.25) is 0 Å². The fourth-order valence-corrected chi connectivity index (χ4v) is 3.65. The number of halogens is 2. The van der Waals surface area contributed by atoms with Crippen LogP contribution >= 0.6 is 27.7 Å². The second kappa shape index (κ2) is 7.97. The van der Waals surface area contributed by atoms with Gasteiger partial charge in [-0.3, -0.25) is 0 Å². The van der Waals surface area contributed by atoms with Gasteiger partial charge in [-0.1, -0.05) is 40.5 Å². The third-order valence-electron chi connectivity index (χ3n) is 3.19. The Morgan fingerprint density at radius 2 is 2.05 bits per heavy atom. The van der Waals surface area contributed by atoms with Crippen molar-refractivity contribution in [2.75, 3.05) is 12.3 Å². The molecule has 0 saturated carbocycles. The molecular weight excluding hydrogens is 349 g/mol. The van der Waals surface area contributed by atoms with Gasteiger partial charge in [0, 0.05) is 26.7 Å². The maximum absolute atomic E-state index is 14.1. The van der Waals surface area contributed by atoms with E-state index in [1.165, 1.54) is 16.5 Å². The Bertz CT molecular complexity index is 603. The highest BCUT2D eigenvalue weighted by atomic mass is 79.9. The van der Waals surface area contributed by atoms with Gasteiger partial charge in [0.25, 0.3) is 0 Å². The van der Waals surface area contributed by atoms with E-state index in [1.54, 1.807) is 17.8 Å². The highest BCUT2D eigenvalue weighted by Gasteiger charge is 2.15. The highest BCUT2D eigenvalue weighted by molar-refractivity contribution is 9.10.